The van der Waals surface area contributed by atoms with Crippen LogP contribution in [0.1, 0.15) is 26.2 Å². The van der Waals surface area contributed by atoms with E-state index >= 15 is 0 Å². The molecule has 1 aliphatic heterocycles. The summed E-state index contributed by atoms with van der Waals surface area (Å²) in [5, 5.41) is 6.14. The minimum absolute atomic E-state index is 0.169. The van der Waals surface area contributed by atoms with Gasteiger partial charge in [0.15, 0.2) is 9.84 Å². The van der Waals surface area contributed by atoms with Crippen LogP contribution >= 0.6 is 0 Å². The number of nitrogens with one attached hydrogen (secondary N) is 2. The molecule has 2 N–H and O–H groups in total. The van der Waals surface area contributed by atoms with Crippen molar-refractivity contribution in [2.45, 2.75) is 38.0 Å². The molecule has 6 nitrogen and oxygen atoms in total. The van der Waals surface area contributed by atoms with Crippen LogP contribution in [-0.2, 0) is 16.4 Å². The third-order valence-corrected chi connectivity index (χ3v) is 6.73. The summed E-state index contributed by atoms with van der Waals surface area (Å²) in [6.45, 7) is 3.22. The second-order valence-electron chi connectivity index (χ2n) is 6.25. The van der Waals surface area contributed by atoms with Gasteiger partial charge in [0.2, 0.25) is 0 Å². The Morgan fingerprint density at radius 2 is 2.17 bits per heavy atom. The number of nitrogens with zero attached hydrogens (tertiary/aromatic N) is 1. The van der Waals surface area contributed by atoms with Crippen LogP contribution in [0.5, 0.6) is 0 Å². The van der Waals surface area contributed by atoms with Gasteiger partial charge in [0.25, 0.3) is 0 Å². The lowest BCUT2D eigenvalue weighted by atomic mass is 10.2. The summed E-state index contributed by atoms with van der Waals surface area (Å²) < 4.78 is 25.7. The predicted octanol–water partition coefficient (Wildman–Crippen LogP) is 2.75. The van der Waals surface area contributed by atoms with E-state index in [9.17, 15) is 13.2 Å². The zero-order valence-corrected chi connectivity index (χ0v) is 14.6. The van der Waals surface area contributed by atoms with Gasteiger partial charge in [-0.05, 0) is 42.8 Å². The molecule has 1 aliphatic rings. The molecule has 0 unspecified atom stereocenters. The van der Waals surface area contributed by atoms with Crippen molar-refractivity contribution in [3.05, 3.63) is 30.5 Å². The SMILES string of the molecule is CCCn1ccc2ccc(NC(=O)NC[C@@H]3CCCS3(=O)=O)cc21. The maximum absolute atomic E-state index is 12.0. The fourth-order valence-electron chi connectivity index (χ4n) is 3.17. The number of sulfone groups is 1. The second-order valence-corrected chi connectivity index (χ2v) is 8.65. The molecular formula is C17H23N3O3S. The first kappa shape index (κ1) is 16.8. The lowest BCUT2D eigenvalue weighted by Crippen LogP contribution is -2.37. The first-order valence-corrected chi connectivity index (χ1v) is 10.1. The molecule has 2 amide bonds. The Kier molecular flexibility index (Phi) is 4.80. The van der Waals surface area contributed by atoms with Crippen molar-refractivity contribution in [2.75, 3.05) is 17.6 Å². The Balaban J connectivity index is 1.63. The first-order chi connectivity index (χ1) is 11.5. The average molecular weight is 349 g/mol. The number of aromatic nitrogens is 1. The molecule has 2 heterocycles. The summed E-state index contributed by atoms with van der Waals surface area (Å²) in [4.78, 5) is 12.0. The van der Waals surface area contributed by atoms with Gasteiger partial charge in [0.1, 0.15) is 0 Å². The molecule has 130 valence electrons. The molecule has 1 saturated heterocycles. The van der Waals surface area contributed by atoms with Crippen LogP contribution in [0.3, 0.4) is 0 Å². The molecule has 1 aromatic carbocycles. The summed E-state index contributed by atoms with van der Waals surface area (Å²) in [5.41, 5.74) is 1.78. The van der Waals surface area contributed by atoms with Crippen LogP contribution in [0.15, 0.2) is 30.5 Å². The fourth-order valence-corrected chi connectivity index (χ4v) is 4.93. The van der Waals surface area contributed by atoms with Crippen LogP contribution in [0.25, 0.3) is 10.9 Å². The number of carbonyl (C=O) groups excluding carboxylic acids is 1. The minimum atomic E-state index is -3.03. The number of rotatable bonds is 5. The Labute approximate surface area is 142 Å². The molecule has 3 rings (SSSR count). The van der Waals surface area contributed by atoms with E-state index in [1.807, 2.05) is 24.4 Å². The highest BCUT2D eigenvalue weighted by atomic mass is 32.2. The highest BCUT2D eigenvalue weighted by Gasteiger charge is 2.31. The highest BCUT2D eigenvalue weighted by molar-refractivity contribution is 7.92. The van der Waals surface area contributed by atoms with Gasteiger partial charge < -0.3 is 15.2 Å². The average Bonchev–Trinajstić information content (AvgIpc) is 3.08. The van der Waals surface area contributed by atoms with E-state index in [0.717, 1.165) is 23.9 Å². The quantitative estimate of drug-likeness (QED) is 0.871. The molecule has 0 bridgehead atoms. The zero-order chi connectivity index (χ0) is 17.2. The largest absolute Gasteiger partial charge is 0.347 e. The van der Waals surface area contributed by atoms with Gasteiger partial charge in [-0.25, -0.2) is 13.2 Å². The van der Waals surface area contributed by atoms with Crippen molar-refractivity contribution in [2.24, 2.45) is 0 Å². The van der Waals surface area contributed by atoms with Crippen LogP contribution in [0.4, 0.5) is 10.5 Å². The number of fused-ring (bicyclic) bond motifs is 1. The minimum Gasteiger partial charge on any atom is -0.347 e. The molecule has 0 aliphatic carbocycles. The van der Waals surface area contributed by atoms with E-state index in [1.54, 1.807) is 0 Å². The van der Waals surface area contributed by atoms with E-state index in [1.165, 1.54) is 0 Å². The molecule has 1 fully saturated rings. The number of urea groups is 1. The van der Waals surface area contributed by atoms with Crippen molar-refractivity contribution >= 4 is 32.5 Å². The molecule has 1 aromatic heterocycles. The fraction of sp³-hybridized carbons (Fsp3) is 0.471. The van der Waals surface area contributed by atoms with Gasteiger partial charge in [0, 0.05) is 25.0 Å². The molecule has 0 saturated carbocycles. The third kappa shape index (κ3) is 3.56. The topological polar surface area (TPSA) is 80.2 Å². The normalized spacial score (nSPS) is 19.5. The number of hydrogen-bond donors (Lipinski definition) is 2. The van der Waals surface area contributed by atoms with E-state index < -0.39 is 15.1 Å². The Hall–Kier alpha value is -2.02. The van der Waals surface area contributed by atoms with Crippen molar-refractivity contribution in [3.63, 3.8) is 0 Å². The summed E-state index contributed by atoms with van der Waals surface area (Å²) in [7, 11) is -3.03. The van der Waals surface area contributed by atoms with Crippen molar-refractivity contribution in [1.82, 2.24) is 9.88 Å². The number of carbonyl (C=O) groups is 1. The summed E-state index contributed by atoms with van der Waals surface area (Å²) in [6.07, 6.45) is 4.39. The standard InChI is InChI=1S/C17H23N3O3S/c1-2-8-20-9-7-13-5-6-14(11-16(13)20)19-17(21)18-12-15-4-3-10-24(15,22)23/h5-7,9,11,15H,2-4,8,10,12H2,1H3,(H2,18,19,21)/t15-/m0/s1. The number of benzene rings is 1. The Morgan fingerprint density at radius 3 is 2.88 bits per heavy atom. The van der Waals surface area contributed by atoms with Gasteiger partial charge in [-0.3, -0.25) is 0 Å². The molecule has 0 spiro atoms. The third-order valence-electron chi connectivity index (χ3n) is 4.45. The number of hydrogen-bond acceptors (Lipinski definition) is 3. The van der Waals surface area contributed by atoms with Gasteiger partial charge >= 0.3 is 6.03 Å². The maximum Gasteiger partial charge on any atom is 0.319 e. The van der Waals surface area contributed by atoms with E-state index in [2.05, 4.69) is 28.2 Å². The summed E-state index contributed by atoms with van der Waals surface area (Å²) in [6, 6.07) is 7.45. The number of aryl methyl sites for hydroxylation is 1. The first-order valence-electron chi connectivity index (χ1n) is 8.35. The summed E-state index contributed by atoms with van der Waals surface area (Å²) in [5.74, 6) is 0.228. The van der Waals surface area contributed by atoms with E-state index in [0.29, 0.717) is 18.5 Å². The van der Waals surface area contributed by atoms with E-state index in [-0.39, 0.29) is 18.3 Å². The second kappa shape index (κ2) is 6.84. The number of amides is 2. The molecule has 2 aromatic rings. The van der Waals surface area contributed by atoms with E-state index in [4.69, 9.17) is 0 Å². The smallest absolute Gasteiger partial charge is 0.319 e. The predicted molar refractivity (Wildman–Crippen MR) is 96.1 cm³/mol. The Morgan fingerprint density at radius 1 is 1.33 bits per heavy atom. The molecule has 1 atom stereocenters. The van der Waals surface area contributed by atoms with Gasteiger partial charge in [-0.1, -0.05) is 13.0 Å². The van der Waals surface area contributed by atoms with Crippen LogP contribution in [0, 0.1) is 0 Å². The Bertz CT molecular complexity index is 842. The molecule has 0 radical (unpaired) electrons. The van der Waals surface area contributed by atoms with Crippen molar-refractivity contribution in [1.29, 1.82) is 0 Å². The maximum atomic E-state index is 12.0. The lowest BCUT2D eigenvalue weighted by molar-refractivity contribution is 0.252. The summed E-state index contributed by atoms with van der Waals surface area (Å²) >= 11 is 0. The van der Waals surface area contributed by atoms with Gasteiger partial charge in [-0.15, -0.1) is 0 Å². The van der Waals surface area contributed by atoms with Crippen molar-refractivity contribution in [3.8, 4) is 0 Å². The van der Waals surface area contributed by atoms with Crippen LogP contribution in [-0.4, -0.2) is 36.6 Å². The number of anilines is 1. The lowest BCUT2D eigenvalue weighted by Gasteiger charge is -2.12. The highest BCUT2D eigenvalue weighted by Crippen LogP contribution is 2.21. The molecule has 7 heteroatoms. The van der Waals surface area contributed by atoms with Gasteiger partial charge in [0.05, 0.1) is 16.5 Å². The van der Waals surface area contributed by atoms with Crippen LogP contribution in [0.2, 0.25) is 0 Å². The molecule has 24 heavy (non-hydrogen) atoms. The van der Waals surface area contributed by atoms with Crippen LogP contribution < -0.4 is 10.6 Å². The zero-order valence-electron chi connectivity index (χ0n) is 13.8. The van der Waals surface area contributed by atoms with Gasteiger partial charge in [-0.2, -0.15) is 0 Å². The monoisotopic (exact) mass is 349 g/mol. The van der Waals surface area contributed by atoms with Crippen molar-refractivity contribution < 1.29 is 13.2 Å². The molecular weight excluding hydrogens is 326 g/mol.